The summed E-state index contributed by atoms with van der Waals surface area (Å²) in [6.45, 7) is 3.27. The van der Waals surface area contributed by atoms with Crippen LogP contribution in [0.4, 0.5) is 33.6 Å². The van der Waals surface area contributed by atoms with E-state index in [9.17, 15) is 26.2 Å². The van der Waals surface area contributed by atoms with Crippen LogP contribution in [0.3, 0.4) is 0 Å². The van der Waals surface area contributed by atoms with Crippen molar-refractivity contribution in [1.29, 1.82) is 0 Å². The van der Waals surface area contributed by atoms with Gasteiger partial charge in [0.15, 0.2) is 11.0 Å². The minimum Gasteiger partial charge on any atom is -0.370 e. The van der Waals surface area contributed by atoms with Gasteiger partial charge in [0, 0.05) is 37.2 Å². The van der Waals surface area contributed by atoms with Gasteiger partial charge >= 0.3 is 6.18 Å². The number of nitrogens with zero attached hydrogens (tertiary/aromatic N) is 4. The average Bonchev–Trinajstić information content (AvgIpc) is 2.89. The largest absolute Gasteiger partial charge is 0.416 e. The van der Waals surface area contributed by atoms with E-state index < -0.39 is 39.3 Å². The minimum absolute atomic E-state index is 0.0403. The standard InChI is InChI=1S/C17H21F2N5OS.C9H9F3/c1-23(2)12-5-3-8-24(11-12)13-9-14(18)16(15(19)10-13)26(25)22-17-20-6-4-7-21-17;1-2-7-4-3-5-8(6-7)9(10,11)12/h4,6-7,9-10,12H,3,5,8,11H2,1-2H3,(H,20,21,22);3-6H,2H2,1H3. The van der Waals surface area contributed by atoms with Crippen molar-refractivity contribution in [2.45, 2.75) is 43.3 Å². The zero-order chi connectivity index (χ0) is 27.9. The van der Waals surface area contributed by atoms with E-state index in [2.05, 4.69) is 19.6 Å². The van der Waals surface area contributed by atoms with E-state index in [4.69, 9.17) is 0 Å². The predicted octanol–water partition coefficient (Wildman–Crippen LogP) is 5.69. The Balaban J connectivity index is 0.000000279. The van der Waals surface area contributed by atoms with Crippen LogP contribution in [0, 0.1) is 11.6 Å². The number of benzene rings is 2. The number of rotatable bonds is 6. The second-order valence-corrected chi connectivity index (χ2v) is 10.1. The molecule has 6 nitrogen and oxygen atoms in total. The highest BCUT2D eigenvalue weighted by Gasteiger charge is 2.30. The summed E-state index contributed by atoms with van der Waals surface area (Å²) in [6, 6.07) is 9.78. The van der Waals surface area contributed by atoms with Crippen molar-refractivity contribution < 1.29 is 26.2 Å². The molecule has 3 aromatic rings. The minimum atomic E-state index is -4.22. The maximum atomic E-state index is 14.5. The molecule has 206 valence electrons. The number of halogens is 5. The fourth-order valence-electron chi connectivity index (χ4n) is 3.97. The highest BCUT2D eigenvalue weighted by atomic mass is 32.2. The lowest BCUT2D eigenvalue weighted by molar-refractivity contribution is -0.137. The van der Waals surface area contributed by atoms with E-state index in [0.717, 1.165) is 25.5 Å². The molecule has 0 spiro atoms. The second kappa shape index (κ2) is 13.1. The molecular weight excluding hydrogens is 525 g/mol. The number of nitrogens with one attached hydrogen (secondary N) is 1. The van der Waals surface area contributed by atoms with Crippen LogP contribution in [0.2, 0.25) is 0 Å². The predicted molar refractivity (Wildman–Crippen MR) is 138 cm³/mol. The molecule has 0 amide bonds. The van der Waals surface area contributed by atoms with Crippen LogP contribution in [0.25, 0.3) is 0 Å². The number of hydrogen-bond acceptors (Lipinski definition) is 5. The Bertz CT molecular complexity index is 1200. The van der Waals surface area contributed by atoms with Crippen LogP contribution in [0.5, 0.6) is 0 Å². The summed E-state index contributed by atoms with van der Waals surface area (Å²) in [5, 5.41) is 0. The van der Waals surface area contributed by atoms with Crippen molar-refractivity contribution in [3.05, 3.63) is 77.6 Å². The van der Waals surface area contributed by atoms with Gasteiger partial charge < -0.3 is 9.80 Å². The average molecular weight is 556 g/mol. The molecule has 38 heavy (non-hydrogen) atoms. The maximum Gasteiger partial charge on any atom is 0.416 e. The van der Waals surface area contributed by atoms with Gasteiger partial charge in [-0.05, 0) is 63.2 Å². The number of anilines is 2. The topological polar surface area (TPSA) is 61.4 Å². The number of piperidine rings is 1. The molecule has 0 aliphatic carbocycles. The molecule has 0 bridgehead atoms. The number of alkyl halides is 3. The molecule has 1 aromatic heterocycles. The fourth-order valence-corrected chi connectivity index (χ4v) is 4.82. The Kier molecular flexibility index (Phi) is 10.1. The third-order valence-corrected chi connectivity index (χ3v) is 7.20. The monoisotopic (exact) mass is 555 g/mol. The Morgan fingerprint density at radius 2 is 1.74 bits per heavy atom. The molecule has 1 saturated heterocycles. The van der Waals surface area contributed by atoms with Crippen molar-refractivity contribution in [2.75, 3.05) is 36.8 Å². The van der Waals surface area contributed by atoms with E-state index in [0.29, 0.717) is 30.3 Å². The maximum absolute atomic E-state index is 14.5. The molecule has 1 aliphatic rings. The molecule has 0 saturated carbocycles. The van der Waals surface area contributed by atoms with Gasteiger partial charge in [-0.1, -0.05) is 25.1 Å². The highest BCUT2D eigenvalue weighted by Crippen LogP contribution is 2.30. The molecule has 1 N–H and O–H groups in total. The van der Waals surface area contributed by atoms with Crippen LogP contribution < -0.4 is 9.62 Å². The number of aryl methyl sites for hydroxylation is 1. The molecule has 12 heteroatoms. The summed E-state index contributed by atoms with van der Waals surface area (Å²) in [7, 11) is 1.86. The SMILES string of the molecule is CCc1cccc(C(F)(F)F)c1.CN(C)C1CCCN(c2cc(F)c(S(=O)Nc3ncccn3)c(F)c2)C1. The van der Waals surface area contributed by atoms with Gasteiger partial charge in [0.1, 0.15) is 16.5 Å². The van der Waals surface area contributed by atoms with Crippen molar-refractivity contribution in [3.63, 3.8) is 0 Å². The molecule has 2 heterocycles. The molecule has 0 radical (unpaired) electrons. The van der Waals surface area contributed by atoms with Gasteiger partial charge in [-0.3, -0.25) is 4.72 Å². The zero-order valence-corrected chi connectivity index (χ0v) is 22.1. The number of likely N-dealkylation sites (N-methyl/N-ethyl adjacent to an activating group) is 1. The summed E-state index contributed by atoms with van der Waals surface area (Å²) in [5.74, 6) is -1.67. The first kappa shape index (κ1) is 29.4. The summed E-state index contributed by atoms with van der Waals surface area (Å²) >= 11 is 0. The van der Waals surface area contributed by atoms with Crippen LogP contribution in [0.15, 0.2) is 59.8 Å². The Morgan fingerprint density at radius 1 is 1.08 bits per heavy atom. The van der Waals surface area contributed by atoms with Crippen LogP contribution in [-0.4, -0.2) is 52.3 Å². The van der Waals surface area contributed by atoms with Gasteiger partial charge in [0.05, 0.1) is 5.56 Å². The molecule has 4 rings (SSSR count). The van der Waals surface area contributed by atoms with Crippen molar-refractivity contribution in [3.8, 4) is 0 Å². The molecule has 2 unspecified atom stereocenters. The third-order valence-electron chi connectivity index (χ3n) is 6.07. The fraction of sp³-hybridized carbons (Fsp3) is 0.385. The quantitative estimate of drug-likeness (QED) is 0.396. The Labute approximate surface area is 221 Å². The van der Waals surface area contributed by atoms with E-state index in [1.165, 1.54) is 36.7 Å². The number of hydrogen-bond donors (Lipinski definition) is 1. The normalized spacial score (nSPS) is 16.6. The third kappa shape index (κ3) is 7.94. The smallest absolute Gasteiger partial charge is 0.370 e. The van der Waals surface area contributed by atoms with E-state index >= 15 is 0 Å². The zero-order valence-electron chi connectivity index (χ0n) is 21.3. The van der Waals surface area contributed by atoms with E-state index in [-0.39, 0.29) is 5.95 Å². The van der Waals surface area contributed by atoms with Gasteiger partial charge in [-0.15, -0.1) is 0 Å². The van der Waals surface area contributed by atoms with Gasteiger partial charge in [0.25, 0.3) is 0 Å². The summed E-state index contributed by atoms with van der Waals surface area (Å²) < 4.78 is 80.1. The first-order valence-corrected chi connectivity index (χ1v) is 13.2. The van der Waals surface area contributed by atoms with Crippen molar-refractivity contribution in [2.24, 2.45) is 0 Å². The molecule has 1 fully saturated rings. The number of aromatic nitrogens is 2. The van der Waals surface area contributed by atoms with Crippen molar-refractivity contribution >= 4 is 22.6 Å². The van der Waals surface area contributed by atoms with Crippen molar-refractivity contribution in [1.82, 2.24) is 14.9 Å². The first-order chi connectivity index (χ1) is 18.0. The van der Waals surface area contributed by atoms with Crippen LogP contribution in [-0.2, 0) is 23.6 Å². The lowest BCUT2D eigenvalue weighted by Crippen LogP contribution is -2.45. The molecule has 1 aliphatic heterocycles. The summed E-state index contributed by atoms with van der Waals surface area (Å²) in [6.07, 6.45) is 1.30. The highest BCUT2D eigenvalue weighted by molar-refractivity contribution is 7.86. The molecule has 2 atom stereocenters. The summed E-state index contributed by atoms with van der Waals surface area (Å²) in [4.78, 5) is 11.2. The molecule has 2 aromatic carbocycles. The molecular formula is C26H30F5N5OS. The van der Waals surface area contributed by atoms with Gasteiger partial charge in [-0.25, -0.2) is 23.0 Å². The van der Waals surface area contributed by atoms with Crippen LogP contribution in [0.1, 0.15) is 30.9 Å². The van der Waals surface area contributed by atoms with E-state index in [1.54, 1.807) is 12.1 Å². The summed E-state index contributed by atoms with van der Waals surface area (Å²) in [5.41, 5.74) is 0.606. The van der Waals surface area contributed by atoms with Crippen LogP contribution >= 0.6 is 0 Å². The Morgan fingerprint density at radius 3 is 2.32 bits per heavy atom. The first-order valence-electron chi connectivity index (χ1n) is 12.0. The van der Waals surface area contributed by atoms with Gasteiger partial charge in [-0.2, -0.15) is 13.2 Å². The lowest BCUT2D eigenvalue weighted by Gasteiger charge is -2.37. The Hall–Kier alpha value is -3.12. The lowest BCUT2D eigenvalue weighted by atomic mass is 10.0. The van der Waals surface area contributed by atoms with Gasteiger partial charge in [0.2, 0.25) is 5.95 Å². The second-order valence-electron chi connectivity index (χ2n) is 8.94. The van der Waals surface area contributed by atoms with E-state index in [1.807, 2.05) is 25.9 Å².